The molecular weight excluding hydrogens is 266 g/mol. The zero-order chi connectivity index (χ0) is 12.3. The van der Waals surface area contributed by atoms with Gasteiger partial charge in [0.15, 0.2) is 0 Å². The van der Waals surface area contributed by atoms with E-state index in [0.717, 1.165) is 4.47 Å². The third-order valence-electron chi connectivity index (χ3n) is 2.07. The highest BCUT2D eigenvalue weighted by atomic mass is 79.9. The van der Waals surface area contributed by atoms with Gasteiger partial charge in [0.05, 0.1) is 0 Å². The van der Waals surface area contributed by atoms with Crippen LogP contribution in [0.25, 0.3) is 0 Å². The van der Waals surface area contributed by atoms with Crippen molar-refractivity contribution in [2.45, 2.75) is 12.3 Å². The van der Waals surface area contributed by atoms with Crippen LogP contribution in [0.2, 0.25) is 0 Å². The third-order valence-corrected chi connectivity index (χ3v) is 2.76. The highest BCUT2D eigenvalue weighted by Gasteiger charge is 2.20. The minimum atomic E-state index is -1.94. The van der Waals surface area contributed by atoms with Crippen molar-refractivity contribution in [3.8, 4) is 0 Å². The molecule has 16 heavy (non-hydrogen) atoms. The lowest BCUT2D eigenvalue weighted by Gasteiger charge is -2.22. The van der Waals surface area contributed by atoms with Crippen molar-refractivity contribution in [2.24, 2.45) is 4.99 Å². The van der Waals surface area contributed by atoms with Crippen molar-refractivity contribution < 1.29 is 5.11 Å². The fourth-order valence-corrected chi connectivity index (χ4v) is 1.72. The Kier molecular flexibility index (Phi) is 4.21. The first-order valence-corrected chi connectivity index (χ1v) is 5.55. The van der Waals surface area contributed by atoms with E-state index in [1.165, 1.54) is 0 Å². The van der Waals surface area contributed by atoms with Gasteiger partial charge < -0.3 is 10.8 Å². The number of nitrogens with zero attached hydrogens (tertiary/aromatic N) is 1. The Balaban J connectivity index is 3.33. The molecule has 0 aliphatic heterocycles. The van der Waals surface area contributed by atoms with Crippen molar-refractivity contribution in [1.82, 2.24) is 0 Å². The Hall–Kier alpha value is -0.740. The first kappa shape index (κ1) is 13.3. The molecule has 0 aromatic heterocycles. The van der Waals surface area contributed by atoms with Gasteiger partial charge in [0, 0.05) is 33.9 Å². The van der Waals surface area contributed by atoms with Gasteiger partial charge in [-0.2, -0.15) is 0 Å². The van der Waals surface area contributed by atoms with Crippen LogP contribution in [0.5, 0.6) is 0 Å². The van der Waals surface area contributed by atoms with Gasteiger partial charge in [-0.25, -0.2) is 0 Å². The number of hydrogen-bond donors (Lipinski definition) is 2. The number of nitrogen functional groups attached to an aromatic ring is 1. The van der Waals surface area contributed by atoms with Crippen LogP contribution in [-0.2, 0) is 5.40 Å². The van der Waals surface area contributed by atoms with Crippen LogP contribution in [0.1, 0.15) is 18.1 Å². The van der Waals surface area contributed by atoms with Crippen LogP contribution in [0.3, 0.4) is 0 Å². The Bertz CT molecular complexity index is 416. The van der Waals surface area contributed by atoms with Gasteiger partial charge in [0.1, 0.15) is 15.7 Å². The van der Waals surface area contributed by atoms with E-state index in [0.29, 0.717) is 17.8 Å². The fraction of sp³-hybridized carbons (Fsp3) is 0.300. The summed E-state index contributed by atoms with van der Waals surface area (Å²) in [7, 11) is 10.8. The SMILES string of the molecule is [B]C([B])(O)c1ccc(Br)c(C=NCC)c1N. The summed E-state index contributed by atoms with van der Waals surface area (Å²) < 4.78 is 0.773. The summed E-state index contributed by atoms with van der Waals surface area (Å²) in [4.78, 5) is 4.09. The van der Waals surface area contributed by atoms with Crippen LogP contribution in [0, 0.1) is 0 Å². The molecule has 3 nitrogen and oxygen atoms in total. The monoisotopic (exact) mass is 276 g/mol. The highest BCUT2D eigenvalue weighted by Crippen LogP contribution is 2.29. The van der Waals surface area contributed by atoms with E-state index in [9.17, 15) is 5.11 Å². The average molecular weight is 277 g/mol. The Labute approximate surface area is 106 Å². The molecule has 80 valence electrons. The lowest BCUT2D eigenvalue weighted by atomic mass is 9.61. The number of aliphatic imine (C=N–C) groups is 1. The minimum absolute atomic E-state index is 0.272. The van der Waals surface area contributed by atoms with Gasteiger partial charge in [-0.05, 0) is 18.6 Å². The zero-order valence-electron chi connectivity index (χ0n) is 8.94. The smallest absolute Gasteiger partial charge is 0.105 e. The molecule has 1 aromatic rings. The fourth-order valence-electron chi connectivity index (χ4n) is 1.27. The second-order valence-corrected chi connectivity index (χ2v) is 4.23. The average Bonchev–Trinajstić information content (AvgIpc) is 2.15. The van der Waals surface area contributed by atoms with Gasteiger partial charge in [-0.3, -0.25) is 4.99 Å². The topological polar surface area (TPSA) is 58.6 Å². The van der Waals surface area contributed by atoms with Crippen LogP contribution in [-0.4, -0.2) is 33.6 Å². The third kappa shape index (κ3) is 2.89. The Morgan fingerprint density at radius 1 is 1.56 bits per heavy atom. The lowest BCUT2D eigenvalue weighted by molar-refractivity contribution is 0.217. The van der Waals surface area contributed by atoms with Crippen molar-refractivity contribution in [3.63, 3.8) is 0 Å². The number of rotatable bonds is 3. The summed E-state index contributed by atoms with van der Waals surface area (Å²) in [6, 6.07) is 3.29. The molecular formula is C10H11B2BrN2O. The molecule has 0 fully saturated rings. The Morgan fingerprint density at radius 2 is 2.19 bits per heavy atom. The predicted octanol–water partition coefficient (Wildman–Crippen LogP) is 0.910. The van der Waals surface area contributed by atoms with E-state index in [1.54, 1.807) is 18.3 Å². The number of anilines is 1. The molecule has 0 heterocycles. The van der Waals surface area contributed by atoms with Crippen LogP contribution in [0.4, 0.5) is 5.69 Å². The molecule has 0 unspecified atom stereocenters. The van der Waals surface area contributed by atoms with E-state index >= 15 is 0 Å². The van der Waals surface area contributed by atoms with Crippen molar-refractivity contribution in [3.05, 3.63) is 27.7 Å². The predicted molar refractivity (Wildman–Crippen MR) is 72.1 cm³/mol. The summed E-state index contributed by atoms with van der Waals surface area (Å²) in [5, 5.41) is 7.58. The van der Waals surface area contributed by atoms with Gasteiger partial charge >= 0.3 is 0 Å². The Morgan fingerprint density at radius 3 is 2.69 bits per heavy atom. The molecule has 0 saturated heterocycles. The maximum Gasteiger partial charge on any atom is 0.105 e. The summed E-state index contributed by atoms with van der Waals surface area (Å²) in [6.07, 6.45) is 1.62. The summed E-state index contributed by atoms with van der Waals surface area (Å²) in [5.74, 6) is 0. The maximum atomic E-state index is 9.53. The molecule has 0 atom stereocenters. The van der Waals surface area contributed by atoms with Crippen molar-refractivity contribution in [1.29, 1.82) is 0 Å². The molecule has 0 bridgehead atoms. The molecule has 0 aliphatic rings. The molecule has 0 aliphatic carbocycles. The van der Waals surface area contributed by atoms with Gasteiger partial charge in [-0.1, -0.05) is 22.0 Å². The molecule has 1 aromatic carbocycles. The van der Waals surface area contributed by atoms with E-state index in [4.69, 9.17) is 21.4 Å². The van der Waals surface area contributed by atoms with Crippen molar-refractivity contribution >= 4 is 43.5 Å². The highest BCUT2D eigenvalue weighted by molar-refractivity contribution is 9.10. The molecule has 0 amide bonds. The van der Waals surface area contributed by atoms with Gasteiger partial charge in [0.25, 0.3) is 0 Å². The van der Waals surface area contributed by atoms with Gasteiger partial charge in [0.2, 0.25) is 0 Å². The van der Waals surface area contributed by atoms with E-state index in [2.05, 4.69) is 20.9 Å². The summed E-state index contributed by atoms with van der Waals surface area (Å²) in [6.45, 7) is 2.55. The number of hydrogen-bond acceptors (Lipinski definition) is 3. The van der Waals surface area contributed by atoms with Crippen molar-refractivity contribution in [2.75, 3.05) is 12.3 Å². The van der Waals surface area contributed by atoms with Crippen LogP contribution >= 0.6 is 15.9 Å². The second-order valence-electron chi connectivity index (χ2n) is 3.38. The van der Waals surface area contributed by atoms with E-state index < -0.39 is 5.40 Å². The van der Waals surface area contributed by atoms with E-state index in [1.807, 2.05) is 6.92 Å². The summed E-state index contributed by atoms with van der Waals surface area (Å²) >= 11 is 3.34. The number of benzene rings is 1. The second kappa shape index (κ2) is 5.06. The van der Waals surface area contributed by atoms with Crippen LogP contribution < -0.4 is 5.73 Å². The largest absolute Gasteiger partial charge is 0.405 e. The molecule has 6 heteroatoms. The minimum Gasteiger partial charge on any atom is -0.405 e. The van der Waals surface area contributed by atoms with Crippen LogP contribution in [0.15, 0.2) is 21.6 Å². The number of halogens is 1. The molecule has 4 radical (unpaired) electrons. The standard InChI is InChI=1S/C10H11B2BrN2O/c1-2-15-5-6-8(13)4-3-7(9(6)14)10(11,12)16/h3-5,16H,2,14H2,1H3. The first-order chi connectivity index (χ1) is 7.38. The zero-order valence-corrected chi connectivity index (χ0v) is 10.5. The first-order valence-electron chi connectivity index (χ1n) is 4.76. The molecule has 3 N–H and O–H groups in total. The summed E-state index contributed by atoms with van der Waals surface area (Å²) in [5.41, 5.74) is 7.12. The normalized spacial score (nSPS) is 12.2. The maximum absolute atomic E-state index is 9.53. The number of aliphatic hydroxyl groups is 1. The number of nitrogens with two attached hydrogens (primary N) is 1. The van der Waals surface area contributed by atoms with E-state index in [-0.39, 0.29) is 5.56 Å². The van der Waals surface area contributed by atoms with Gasteiger partial charge in [-0.15, -0.1) is 0 Å². The lowest BCUT2D eigenvalue weighted by Crippen LogP contribution is -2.27. The molecule has 1 rings (SSSR count). The quantitative estimate of drug-likeness (QED) is 0.490. The molecule has 0 spiro atoms. The molecule has 0 saturated carbocycles.